The van der Waals surface area contributed by atoms with Gasteiger partial charge in [-0.05, 0) is 58.9 Å². The molecule has 0 aliphatic heterocycles. The number of hydrogen-bond acceptors (Lipinski definition) is 2. The molecule has 138 valence electrons. The summed E-state index contributed by atoms with van der Waals surface area (Å²) < 4.78 is 12.2. The maximum Gasteiger partial charge on any atom is 0.342 e. The first kappa shape index (κ1) is 17.9. The molecule has 0 bridgehead atoms. The predicted octanol–water partition coefficient (Wildman–Crippen LogP) is 4.19. The molecule has 0 saturated carbocycles. The van der Waals surface area contributed by atoms with Crippen LogP contribution in [0.2, 0.25) is 0 Å². The van der Waals surface area contributed by atoms with E-state index >= 15 is 0 Å². The van der Waals surface area contributed by atoms with Crippen LogP contribution in [0.4, 0.5) is 5.69 Å². The molecule has 3 aromatic carbocycles. The molecule has 0 fully saturated rings. The first-order valence-corrected chi connectivity index (χ1v) is 10.6. The first-order valence-electron chi connectivity index (χ1n) is 8.89. The smallest absolute Gasteiger partial charge is 0.325 e. The Balaban J connectivity index is 1.72. The summed E-state index contributed by atoms with van der Waals surface area (Å²) >= 11 is 0. The summed E-state index contributed by atoms with van der Waals surface area (Å²) in [7, 11) is -4.72. The fraction of sp³-hybridized carbons (Fsp3) is 0.190. The van der Waals surface area contributed by atoms with Crippen LogP contribution < -0.4 is 5.32 Å². The quantitative estimate of drug-likeness (QED) is 0.592. The molecule has 0 radical (unpaired) electrons. The summed E-state index contributed by atoms with van der Waals surface area (Å²) in [5.74, 6) is -0.697. The van der Waals surface area contributed by atoms with Crippen LogP contribution in [-0.2, 0) is 22.2 Å². The van der Waals surface area contributed by atoms with Crippen molar-refractivity contribution < 1.29 is 19.1 Å². The Hall–Kier alpha value is -2.46. The second-order valence-electron chi connectivity index (χ2n) is 6.89. The molecule has 3 aromatic rings. The number of nitrogens with one attached hydrogen (secondary N) is 1. The molecule has 1 aliphatic carbocycles. The average molecular weight is 381 g/mol. The Bertz CT molecular complexity index is 1070. The van der Waals surface area contributed by atoms with E-state index in [1.165, 1.54) is 11.1 Å². The van der Waals surface area contributed by atoms with Gasteiger partial charge in [0, 0.05) is 5.69 Å². The van der Waals surface area contributed by atoms with Crippen molar-refractivity contribution in [2.75, 3.05) is 5.32 Å². The van der Waals surface area contributed by atoms with Gasteiger partial charge in [0.2, 0.25) is 5.91 Å². The highest BCUT2D eigenvalue weighted by molar-refractivity contribution is 7.53. The molecule has 1 amide bonds. The lowest BCUT2D eigenvalue weighted by atomic mass is 10.0. The van der Waals surface area contributed by atoms with Gasteiger partial charge in [-0.3, -0.25) is 9.36 Å². The number of fused-ring (bicyclic) bond motifs is 2. The molecule has 0 spiro atoms. The molecule has 0 saturated heterocycles. The number of amides is 1. The highest BCUT2D eigenvalue weighted by atomic mass is 31.2. The monoisotopic (exact) mass is 381 g/mol. The Morgan fingerprint density at radius 2 is 1.70 bits per heavy atom. The third-order valence-electron chi connectivity index (χ3n) is 5.07. The van der Waals surface area contributed by atoms with E-state index in [1.807, 2.05) is 30.3 Å². The molecule has 4 rings (SSSR count). The van der Waals surface area contributed by atoms with Gasteiger partial charge < -0.3 is 15.1 Å². The molecule has 1 atom stereocenters. The highest BCUT2D eigenvalue weighted by Crippen LogP contribution is 2.53. The van der Waals surface area contributed by atoms with Crippen molar-refractivity contribution in [1.82, 2.24) is 0 Å². The van der Waals surface area contributed by atoms with Gasteiger partial charge in [-0.25, -0.2) is 0 Å². The number of carbonyl (C=O) groups is 1. The van der Waals surface area contributed by atoms with Crippen molar-refractivity contribution in [2.24, 2.45) is 0 Å². The van der Waals surface area contributed by atoms with Gasteiger partial charge in [-0.15, -0.1) is 0 Å². The SMILES string of the molecule is O=C(Nc1ccc2c(c1)CCC2)C(c1cccc2ccccc12)P(=O)(O)O. The maximum absolute atomic E-state index is 12.9. The van der Waals surface area contributed by atoms with E-state index in [0.717, 1.165) is 24.6 Å². The normalized spacial score (nSPS) is 14.7. The lowest BCUT2D eigenvalue weighted by Gasteiger charge is -2.20. The Kier molecular flexibility index (Phi) is 4.60. The minimum absolute atomic E-state index is 0.333. The Morgan fingerprint density at radius 3 is 2.52 bits per heavy atom. The van der Waals surface area contributed by atoms with Crippen molar-refractivity contribution in [3.05, 3.63) is 77.4 Å². The van der Waals surface area contributed by atoms with Crippen LogP contribution in [0.1, 0.15) is 28.8 Å². The maximum atomic E-state index is 12.9. The van der Waals surface area contributed by atoms with Gasteiger partial charge in [0.25, 0.3) is 0 Å². The number of carbonyl (C=O) groups excluding carboxylic acids is 1. The van der Waals surface area contributed by atoms with Crippen molar-refractivity contribution >= 4 is 30.0 Å². The minimum Gasteiger partial charge on any atom is -0.325 e. The Morgan fingerprint density at radius 1 is 0.963 bits per heavy atom. The zero-order valence-corrected chi connectivity index (χ0v) is 15.5. The van der Waals surface area contributed by atoms with Crippen LogP contribution in [0.3, 0.4) is 0 Å². The third kappa shape index (κ3) is 3.54. The fourth-order valence-corrected chi connectivity index (χ4v) is 4.78. The van der Waals surface area contributed by atoms with Gasteiger partial charge >= 0.3 is 7.60 Å². The van der Waals surface area contributed by atoms with E-state index in [1.54, 1.807) is 30.3 Å². The van der Waals surface area contributed by atoms with E-state index in [0.29, 0.717) is 16.6 Å². The summed E-state index contributed by atoms with van der Waals surface area (Å²) in [5.41, 5.74) is 1.80. The lowest BCUT2D eigenvalue weighted by Crippen LogP contribution is -2.21. The summed E-state index contributed by atoms with van der Waals surface area (Å²) in [5, 5.41) is 4.21. The molecule has 27 heavy (non-hydrogen) atoms. The second-order valence-corrected chi connectivity index (χ2v) is 8.58. The molecule has 1 unspecified atom stereocenters. The first-order chi connectivity index (χ1) is 12.9. The molecule has 1 aliphatic rings. The zero-order valence-electron chi connectivity index (χ0n) is 14.6. The summed E-state index contributed by atoms with van der Waals surface area (Å²) in [4.78, 5) is 32.8. The van der Waals surface area contributed by atoms with E-state index in [4.69, 9.17) is 0 Å². The average Bonchev–Trinajstić information content (AvgIpc) is 3.09. The zero-order chi connectivity index (χ0) is 19.0. The predicted molar refractivity (Wildman–Crippen MR) is 106 cm³/mol. The Labute approximate surface area is 157 Å². The van der Waals surface area contributed by atoms with E-state index in [9.17, 15) is 19.1 Å². The van der Waals surface area contributed by atoms with Crippen LogP contribution in [0.25, 0.3) is 10.8 Å². The van der Waals surface area contributed by atoms with Crippen LogP contribution >= 0.6 is 7.60 Å². The van der Waals surface area contributed by atoms with Crippen molar-refractivity contribution in [3.63, 3.8) is 0 Å². The van der Waals surface area contributed by atoms with Crippen LogP contribution in [0.15, 0.2) is 60.7 Å². The second kappa shape index (κ2) is 6.93. The van der Waals surface area contributed by atoms with Crippen molar-refractivity contribution in [3.8, 4) is 0 Å². The summed E-state index contributed by atoms with van der Waals surface area (Å²) in [6.07, 6.45) is 3.09. The van der Waals surface area contributed by atoms with Crippen molar-refractivity contribution in [2.45, 2.75) is 24.9 Å². The van der Waals surface area contributed by atoms with Gasteiger partial charge in [-0.2, -0.15) is 0 Å². The molecule has 6 heteroatoms. The number of rotatable bonds is 4. The number of benzene rings is 3. The molecule has 5 nitrogen and oxygen atoms in total. The van der Waals surface area contributed by atoms with E-state index < -0.39 is 19.2 Å². The highest BCUT2D eigenvalue weighted by Gasteiger charge is 2.38. The van der Waals surface area contributed by atoms with E-state index in [2.05, 4.69) is 5.32 Å². The number of anilines is 1. The largest absolute Gasteiger partial charge is 0.342 e. The van der Waals surface area contributed by atoms with Gasteiger partial charge in [0.1, 0.15) is 0 Å². The van der Waals surface area contributed by atoms with Gasteiger partial charge in [-0.1, -0.05) is 48.5 Å². The molecule has 0 aromatic heterocycles. The minimum atomic E-state index is -4.72. The van der Waals surface area contributed by atoms with E-state index in [-0.39, 0.29) is 0 Å². The fourth-order valence-electron chi connectivity index (χ4n) is 3.82. The summed E-state index contributed by atoms with van der Waals surface area (Å²) in [6.45, 7) is 0. The molecular formula is C21H20NO4P. The number of hydrogen-bond donors (Lipinski definition) is 3. The topological polar surface area (TPSA) is 86.6 Å². The van der Waals surface area contributed by atoms with Gasteiger partial charge in [0.15, 0.2) is 5.66 Å². The van der Waals surface area contributed by atoms with Gasteiger partial charge in [0.05, 0.1) is 0 Å². The van der Waals surface area contributed by atoms with Crippen LogP contribution in [0.5, 0.6) is 0 Å². The van der Waals surface area contributed by atoms with Crippen molar-refractivity contribution in [1.29, 1.82) is 0 Å². The standard InChI is InChI=1S/C21H20NO4P/c23-21(22-17-12-11-14-6-3-8-16(14)13-17)20(27(24,25)26)19-10-4-7-15-5-1-2-9-18(15)19/h1-2,4-5,7,9-13,20H,3,6,8H2,(H,22,23)(H2,24,25,26). The van der Waals surface area contributed by atoms with Crippen LogP contribution in [0, 0.1) is 0 Å². The molecular weight excluding hydrogens is 361 g/mol. The van der Waals surface area contributed by atoms with Crippen LogP contribution in [-0.4, -0.2) is 15.7 Å². The number of aryl methyl sites for hydroxylation is 2. The molecule has 0 heterocycles. The summed E-state index contributed by atoms with van der Waals surface area (Å²) in [6, 6.07) is 18.1. The molecule has 3 N–H and O–H groups in total. The lowest BCUT2D eigenvalue weighted by molar-refractivity contribution is -0.116. The third-order valence-corrected chi connectivity index (χ3v) is 6.25.